The number of rotatable bonds is 3. The van der Waals surface area contributed by atoms with Crippen molar-refractivity contribution in [1.29, 1.82) is 0 Å². The van der Waals surface area contributed by atoms with Gasteiger partial charge in [-0.3, -0.25) is 0 Å². The number of anilines is 2. The summed E-state index contributed by atoms with van der Waals surface area (Å²) in [7, 11) is 0. The number of nitrogens with zero attached hydrogens (tertiary/aromatic N) is 2. The topological polar surface area (TPSA) is 37.8 Å². The standard InChI is InChI=1S/C21H18ClN3S/c1-12-4-6-15(8-14(12)3)17-10-26-21-19(17)20(23-11-24-21)25-16-7-5-13(2)18(22)9-16/h4-11H,1-3H3,(H,23,24,25). The molecule has 0 bridgehead atoms. The Balaban J connectivity index is 1.84. The summed E-state index contributed by atoms with van der Waals surface area (Å²) in [6.07, 6.45) is 1.60. The average Bonchev–Trinajstić information content (AvgIpc) is 3.06. The lowest BCUT2D eigenvalue weighted by Crippen LogP contribution is -1.96. The van der Waals surface area contributed by atoms with Gasteiger partial charge in [0, 0.05) is 21.7 Å². The highest BCUT2D eigenvalue weighted by Crippen LogP contribution is 2.38. The highest BCUT2D eigenvalue weighted by Gasteiger charge is 2.14. The van der Waals surface area contributed by atoms with E-state index in [2.05, 4.69) is 52.7 Å². The van der Waals surface area contributed by atoms with Crippen molar-refractivity contribution in [2.75, 3.05) is 5.32 Å². The zero-order valence-electron chi connectivity index (χ0n) is 14.8. The minimum atomic E-state index is 0.736. The summed E-state index contributed by atoms with van der Waals surface area (Å²) in [5.41, 5.74) is 6.86. The SMILES string of the molecule is Cc1ccc(-c2csc3ncnc(Nc4ccc(C)c(Cl)c4)c23)cc1C. The van der Waals surface area contributed by atoms with Crippen LogP contribution in [0.3, 0.4) is 0 Å². The van der Waals surface area contributed by atoms with Gasteiger partial charge in [0.1, 0.15) is 17.0 Å². The first-order valence-corrected chi connectivity index (χ1v) is 9.61. The van der Waals surface area contributed by atoms with Crippen molar-refractivity contribution in [1.82, 2.24) is 9.97 Å². The van der Waals surface area contributed by atoms with E-state index in [0.29, 0.717) is 0 Å². The molecule has 3 nitrogen and oxygen atoms in total. The molecule has 0 saturated carbocycles. The van der Waals surface area contributed by atoms with E-state index < -0.39 is 0 Å². The summed E-state index contributed by atoms with van der Waals surface area (Å²) in [5.74, 6) is 0.796. The Morgan fingerprint density at radius 3 is 2.50 bits per heavy atom. The molecule has 4 rings (SSSR count). The monoisotopic (exact) mass is 379 g/mol. The second-order valence-corrected chi connectivity index (χ2v) is 7.71. The zero-order chi connectivity index (χ0) is 18.3. The van der Waals surface area contributed by atoms with Crippen LogP contribution < -0.4 is 5.32 Å². The highest BCUT2D eigenvalue weighted by atomic mass is 35.5. The number of hydrogen-bond donors (Lipinski definition) is 1. The first-order chi connectivity index (χ1) is 12.5. The lowest BCUT2D eigenvalue weighted by atomic mass is 10.0. The van der Waals surface area contributed by atoms with Gasteiger partial charge in [-0.15, -0.1) is 11.3 Å². The molecule has 1 N–H and O–H groups in total. The van der Waals surface area contributed by atoms with Gasteiger partial charge in [0.2, 0.25) is 0 Å². The van der Waals surface area contributed by atoms with Gasteiger partial charge in [-0.1, -0.05) is 35.9 Å². The first-order valence-electron chi connectivity index (χ1n) is 8.36. The lowest BCUT2D eigenvalue weighted by molar-refractivity contribution is 1.23. The van der Waals surface area contributed by atoms with Crippen LogP contribution in [0, 0.1) is 20.8 Å². The Morgan fingerprint density at radius 1 is 0.923 bits per heavy atom. The number of benzene rings is 2. The van der Waals surface area contributed by atoms with Crippen LogP contribution in [-0.2, 0) is 0 Å². The maximum atomic E-state index is 6.27. The van der Waals surface area contributed by atoms with Crippen LogP contribution in [-0.4, -0.2) is 9.97 Å². The number of aryl methyl sites for hydroxylation is 3. The summed E-state index contributed by atoms with van der Waals surface area (Å²) >= 11 is 7.90. The highest BCUT2D eigenvalue weighted by molar-refractivity contribution is 7.17. The van der Waals surface area contributed by atoms with Gasteiger partial charge in [-0.2, -0.15) is 0 Å². The first kappa shape index (κ1) is 17.0. The average molecular weight is 380 g/mol. The van der Waals surface area contributed by atoms with E-state index >= 15 is 0 Å². The summed E-state index contributed by atoms with van der Waals surface area (Å²) in [5, 5.41) is 7.33. The molecule has 0 aliphatic rings. The molecule has 4 aromatic rings. The molecule has 2 aromatic heterocycles. The fourth-order valence-electron chi connectivity index (χ4n) is 2.90. The third-order valence-electron chi connectivity index (χ3n) is 4.62. The summed E-state index contributed by atoms with van der Waals surface area (Å²) in [6, 6.07) is 12.5. The second-order valence-electron chi connectivity index (χ2n) is 6.44. The predicted molar refractivity (Wildman–Crippen MR) is 112 cm³/mol. The van der Waals surface area contributed by atoms with Crippen LogP contribution >= 0.6 is 22.9 Å². The number of fused-ring (bicyclic) bond motifs is 1. The number of hydrogen-bond acceptors (Lipinski definition) is 4. The van der Waals surface area contributed by atoms with Gasteiger partial charge >= 0.3 is 0 Å². The largest absolute Gasteiger partial charge is 0.340 e. The van der Waals surface area contributed by atoms with Crippen LogP contribution in [0.15, 0.2) is 48.1 Å². The number of thiophene rings is 1. The van der Waals surface area contributed by atoms with Crippen LogP contribution in [0.4, 0.5) is 11.5 Å². The van der Waals surface area contributed by atoms with Crippen LogP contribution in [0.5, 0.6) is 0 Å². The van der Waals surface area contributed by atoms with Gasteiger partial charge < -0.3 is 5.32 Å². The number of nitrogens with one attached hydrogen (secondary N) is 1. The Labute approximate surface area is 161 Å². The van der Waals surface area contributed by atoms with E-state index in [1.165, 1.54) is 16.7 Å². The molecule has 0 fully saturated rings. The molecule has 0 aliphatic heterocycles. The molecule has 2 heterocycles. The quantitative estimate of drug-likeness (QED) is 0.431. The third-order valence-corrected chi connectivity index (χ3v) is 5.92. The molecule has 0 unspecified atom stereocenters. The molecule has 0 aliphatic carbocycles. The molecule has 0 spiro atoms. The van der Waals surface area contributed by atoms with E-state index in [9.17, 15) is 0 Å². The molecule has 0 atom stereocenters. The minimum absolute atomic E-state index is 0.736. The molecular weight excluding hydrogens is 362 g/mol. The summed E-state index contributed by atoms with van der Waals surface area (Å²) in [4.78, 5) is 9.90. The van der Waals surface area contributed by atoms with Crippen molar-refractivity contribution >= 4 is 44.7 Å². The van der Waals surface area contributed by atoms with Crippen molar-refractivity contribution in [3.63, 3.8) is 0 Å². The maximum absolute atomic E-state index is 6.27. The third kappa shape index (κ3) is 3.06. The normalized spacial score (nSPS) is 11.1. The van der Waals surface area contributed by atoms with Crippen LogP contribution in [0.1, 0.15) is 16.7 Å². The Kier molecular flexibility index (Phi) is 4.39. The van der Waals surface area contributed by atoms with Crippen molar-refractivity contribution in [3.8, 4) is 11.1 Å². The predicted octanol–water partition coefficient (Wildman–Crippen LogP) is 6.68. The van der Waals surface area contributed by atoms with E-state index in [1.54, 1.807) is 17.7 Å². The van der Waals surface area contributed by atoms with Gasteiger partial charge in [0.05, 0.1) is 5.39 Å². The van der Waals surface area contributed by atoms with Gasteiger partial charge in [-0.25, -0.2) is 9.97 Å². The fraction of sp³-hybridized carbons (Fsp3) is 0.143. The molecule has 5 heteroatoms. The Hall–Kier alpha value is -2.43. The van der Waals surface area contributed by atoms with Gasteiger partial charge in [0.15, 0.2) is 0 Å². The van der Waals surface area contributed by atoms with E-state index in [1.807, 2.05) is 25.1 Å². The van der Waals surface area contributed by atoms with Crippen molar-refractivity contribution in [2.24, 2.45) is 0 Å². The molecule has 0 saturated heterocycles. The number of aromatic nitrogens is 2. The zero-order valence-corrected chi connectivity index (χ0v) is 16.4. The van der Waals surface area contributed by atoms with E-state index in [-0.39, 0.29) is 0 Å². The molecular formula is C21H18ClN3S. The van der Waals surface area contributed by atoms with Crippen molar-refractivity contribution < 1.29 is 0 Å². The van der Waals surface area contributed by atoms with Gasteiger partial charge in [0.25, 0.3) is 0 Å². The number of halogens is 1. The molecule has 130 valence electrons. The fourth-order valence-corrected chi connectivity index (χ4v) is 4.00. The Bertz CT molecular complexity index is 1120. The Morgan fingerprint density at radius 2 is 1.73 bits per heavy atom. The van der Waals surface area contributed by atoms with Gasteiger partial charge in [-0.05, 0) is 55.2 Å². The molecule has 0 amide bonds. The molecule has 0 radical (unpaired) electrons. The van der Waals surface area contributed by atoms with Crippen LogP contribution in [0.25, 0.3) is 21.3 Å². The second kappa shape index (κ2) is 6.71. The van der Waals surface area contributed by atoms with E-state index in [4.69, 9.17) is 11.6 Å². The molecule has 26 heavy (non-hydrogen) atoms. The minimum Gasteiger partial charge on any atom is -0.340 e. The van der Waals surface area contributed by atoms with Crippen LogP contribution in [0.2, 0.25) is 5.02 Å². The summed E-state index contributed by atoms with van der Waals surface area (Å²) in [6.45, 7) is 6.26. The van der Waals surface area contributed by atoms with E-state index in [0.717, 1.165) is 37.9 Å². The lowest BCUT2D eigenvalue weighted by Gasteiger charge is -2.10. The maximum Gasteiger partial charge on any atom is 0.143 e. The van der Waals surface area contributed by atoms with Crippen molar-refractivity contribution in [2.45, 2.75) is 20.8 Å². The smallest absolute Gasteiger partial charge is 0.143 e. The summed E-state index contributed by atoms with van der Waals surface area (Å²) < 4.78 is 0. The molecule has 2 aromatic carbocycles. The van der Waals surface area contributed by atoms with Crippen molar-refractivity contribution in [3.05, 3.63) is 69.8 Å².